The van der Waals surface area contributed by atoms with Gasteiger partial charge in [0.2, 0.25) is 11.8 Å². The number of carbonyl (C=O) groups excluding carboxylic acids is 2. The zero-order valence-corrected chi connectivity index (χ0v) is 19.4. The molecule has 4 atom stereocenters. The number of nitrogens with two attached hydrogens (primary N) is 1. The number of benzene rings is 1. The molecular weight excluding hydrogens is 423 g/mol. The molecule has 6 nitrogen and oxygen atoms in total. The van der Waals surface area contributed by atoms with Crippen molar-refractivity contribution in [2.24, 2.45) is 23.5 Å². The third-order valence-electron chi connectivity index (χ3n) is 7.20. The first-order valence-corrected chi connectivity index (χ1v) is 10.6. The Labute approximate surface area is 191 Å². The van der Waals surface area contributed by atoms with E-state index in [0.29, 0.717) is 31.5 Å². The van der Waals surface area contributed by atoms with E-state index in [-0.39, 0.29) is 48.6 Å². The summed E-state index contributed by atoms with van der Waals surface area (Å²) in [4.78, 5) is 29.5. The Morgan fingerprint density at radius 2 is 1.73 bits per heavy atom. The van der Waals surface area contributed by atoms with Crippen molar-refractivity contribution >= 4 is 42.3 Å². The number of anilines is 1. The third kappa shape index (κ3) is 4.93. The van der Waals surface area contributed by atoms with Gasteiger partial charge >= 0.3 is 0 Å². The number of rotatable bonds is 4. The van der Waals surface area contributed by atoms with E-state index in [9.17, 15) is 9.59 Å². The lowest BCUT2D eigenvalue weighted by Gasteiger charge is -2.38. The molecule has 2 saturated carbocycles. The van der Waals surface area contributed by atoms with Crippen LogP contribution in [0.3, 0.4) is 0 Å². The molecule has 2 amide bonds. The first kappa shape index (κ1) is 24.9. The molecule has 30 heavy (non-hydrogen) atoms. The molecule has 0 aromatic heterocycles. The van der Waals surface area contributed by atoms with Crippen molar-refractivity contribution in [1.29, 1.82) is 0 Å². The molecule has 3 aliphatic rings. The van der Waals surface area contributed by atoms with Gasteiger partial charge in [0.05, 0.1) is 12.5 Å². The molecule has 1 heterocycles. The number of amides is 2. The SMILES string of the molecule is Cc1cccc(NC(=O)CN2CCN(C(=O)C3C4CCC(C4)C3N)CC2)c1C.Cl.Cl. The van der Waals surface area contributed by atoms with Gasteiger partial charge in [-0.15, -0.1) is 24.8 Å². The van der Waals surface area contributed by atoms with E-state index >= 15 is 0 Å². The Balaban J connectivity index is 0.00000160. The van der Waals surface area contributed by atoms with Crippen LogP contribution in [0, 0.1) is 31.6 Å². The van der Waals surface area contributed by atoms with Gasteiger partial charge in [-0.25, -0.2) is 0 Å². The van der Waals surface area contributed by atoms with Crippen molar-refractivity contribution < 1.29 is 9.59 Å². The predicted octanol–water partition coefficient (Wildman–Crippen LogP) is 2.60. The average molecular weight is 457 g/mol. The molecule has 3 fully saturated rings. The Bertz CT molecular complexity index is 766. The Kier molecular flexibility index (Phi) is 8.57. The number of nitrogens with zero attached hydrogens (tertiary/aromatic N) is 2. The van der Waals surface area contributed by atoms with Crippen LogP contribution in [0.1, 0.15) is 30.4 Å². The fourth-order valence-electron chi connectivity index (χ4n) is 5.32. The van der Waals surface area contributed by atoms with Gasteiger partial charge in [0.1, 0.15) is 0 Å². The molecule has 3 N–H and O–H groups in total. The van der Waals surface area contributed by atoms with Crippen LogP contribution in [0.4, 0.5) is 5.69 Å². The maximum absolute atomic E-state index is 13.0. The van der Waals surface area contributed by atoms with E-state index in [1.54, 1.807) is 0 Å². The minimum Gasteiger partial charge on any atom is -0.340 e. The largest absolute Gasteiger partial charge is 0.340 e. The standard InChI is InChI=1S/C22H32N4O2.2ClH/c1-14-4-3-5-18(15(14)2)24-19(27)13-25-8-10-26(11-9-25)22(28)20-16-6-7-17(12-16)21(20)23;;/h3-5,16-17,20-21H,6-13,23H2,1-2H3,(H,24,27);2*1H. The summed E-state index contributed by atoms with van der Waals surface area (Å²) in [5, 5.41) is 3.02. The molecule has 0 spiro atoms. The summed E-state index contributed by atoms with van der Waals surface area (Å²) < 4.78 is 0. The van der Waals surface area contributed by atoms with E-state index in [1.807, 2.05) is 36.9 Å². The quantitative estimate of drug-likeness (QED) is 0.729. The van der Waals surface area contributed by atoms with Gasteiger partial charge in [0.15, 0.2) is 0 Å². The second-order valence-electron chi connectivity index (χ2n) is 8.83. The van der Waals surface area contributed by atoms with Crippen molar-refractivity contribution in [1.82, 2.24) is 9.80 Å². The van der Waals surface area contributed by atoms with Crippen molar-refractivity contribution in [3.8, 4) is 0 Å². The van der Waals surface area contributed by atoms with Gasteiger partial charge in [-0.1, -0.05) is 12.1 Å². The van der Waals surface area contributed by atoms with Crippen LogP contribution >= 0.6 is 24.8 Å². The first-order valence-electron chi connectivity index (χ1n) is 10.6. The Hall–Kier alpha value is -1.34. The Morgan fingerprint density at radius 1 is 1.07 bits per heavy atom. The summed E-state index contributed by atoms with van der Waals surface area (Å²) in [6, 6.07) is 5.99. The molecule has 8 heteroatoms. The number of piperazine rings is 1. The molecule has 1 aliphatic heterocycles. The zero-order valence-electron chi connectivity index (χ0n) is 17.8. The summed E-state index contributed by atoms with van der Waals surface area (Å²) in [5.74, 6) is 1.32. The highest BCUT2D eigenvalue weighted by Crippen LogP contribution is 2.48. The second kappa shape index (κ2) is 10.3. The number of fused-ring (bicyclic) bond motifs is 2. The summed E-state index contributed by atoms with van der Waals surface area (Å²) in [6.07, 6.45) is 3.49. The maximum Gasteiger partial charge on any atom is 0.238 e. The highest BCUT2D eigenvalue weighted by atomic mass is 35.5. The van der Waals surface area contributed by atoms with Crippen LogP contribution in [0.15, 0.2) is 18.2 Å². The highest BCUT2D eigenvalue weighted by molar-refractivity contribution is 5.93. The normalized spacial score (nSPS) is 27.9. The average Bonchev–Trinajstić information content (AvgIpc) is 3.27. The lowest BCUT2D eigenvalue weighted by Crippen LogP contribution is -2.54. The predicted molar refractivity (Wildman–Crippen MR) is 124 cm³/mol. The molecule has 2 aliphatic carbocycles. The lowest BCUT2D eigenvalue weighted by atomic mass is 9.84. The minimum atomic E-state index is 0. The van der Waals surface area contributed by atoms with Crippen LogP contribution in [0.25, 0.3) is 0 Å². The molecule has 2 bridgehead atoms. The van der Waals surface area contributed by atoms with Gasteiger partial charge in [0.25, 0.3) is 0 Å². The molecule has 4 rings (SSSR count). The summed E-state index contributed by atoms with van der Waals surface area (Å²) in [7, 11) is 0. The number of halogens is 2. The van der Waals surface area contributed by atoms with Gasteiger partial charge in [-0.2, -0.15) is 0 Å². The summed E-state index contributed by atoms with van der Waals surface area (Å²) in [5.41, 5.74) is 9.50. The van der Waals surface area contributed by atoms with Crippen LogP contribution in [0.2, 0.25) is 0 Å². The zero-order chi connectivity index (χ0) is 19.8. The van der Waals surface area contributed by atoms with Crippen LogP contribution in [-0.2, 0) is 9.59 Å². The first-order chi connectivity index (χ1) is 13.4. The topological polar surface area (TPSA) is 78.7 Å². The third-order valence-corrected chi connectivity index (χ3v) is 7.20. The van der Waals surface area contributed by atoms with Crippen molar-refractivity contribution in [3.63, 3.8) is 0 Å². The molecule has 1 aromatic carbocycles. The van der Waals surface area contributed by atoms with E-state index in [4.69, 9.17) is 5.73 Å². The monoisotopic (exact) mass is 456 g/mol. The van der Waals surface area contributed by atoms with Gasteiger partial charge in [-0.05, 0) is 62.1 Å². The number of hydrogen-bond acceptors (Lipinski definition) is 4. The number of nitrogens with one attached hydrogen (secondary N) is 1. The minimum absolute atomic E-state index is 0. The van der Waals surface area contributed by atoms with E-state index in [1.165, 1.54) is 12.0 Å². The van der Waals surface area contributed by atoms with E-state index < -0.39 is 0 Å². The molecule has 168 valence electrons. The smallest absolute Gasteiger partial charge is 0.238 e. The highest BCUT2D eigenvalue weighted by Gasteiger charge is 2.50. The summed E-state index contributed by atoms with van der Waals surface area (Å²) in [6.45, 7) is 7.29. The second-order valence-corrected chi connectivity index (χ2v) is 8.83. The van der Waals surface area contributed by atoms with Crippen LogP contribution < -0.4 is 11.1 Å². The van der Waals surface area contributed by atoms with Crippen molar-refractivity contribution in [3.05, 3.63) is 29.3 Å². The van der Waals surface area contributed by atoms with Crippen molar-refractivity contribution in [2.75, 3.05) is 38.0 Å². The van der Waals surface area contributed by atoms with Crippen LogP contribution in [0.5, 0.6) is 0 Å². The van der Waals surface area contributed by atoms with Gasteiger partial charge in [0, 0.05) is 37.9 Å². The number of carbonyl (C=O) groups is 2. The fraction of sp³-hybridized carbons (Fsp3) is 0.636. The maximum atomic E-state index is 13.0. The molecule has 0 radical (unpaired) electrons. The van der Waals surface area contributed by atoms with Crippen LogP contribution in [-0.4, -0.2) is 60.4 Å². The van der Waals surface area contributed by atoms with E-state index in [2.05, 4.69) is 10.2 Å². The molecule has 1 saturated heterocycles. The molecule has 4 unspecified atom stereocenters. The fourth-order valence-corrected chi connectivity index (χ4v) is 5.32. The lowest BCUT2D eigenvalue weighted by molar-refractivity contribution is -0.139. The Morgan fingerprint density at radius 3 is 2.37 bits per heavy atom. The molecular formula is C22H34Cl2N4O2. The number of aryl methyl sites for hydroxylation is 1. The van der Waals surface area contributed by atoms with E-state index in [0.717, 1.165) is 37.2 Å². The van der Waals surface area contributed by atoms with Crippen molar-refractivity contribution in [2.45, 2.75) is 39.2 Å². The van der Waals surface area contributed by atoms with Gasteiger partial charge < -0.3 is 16.0 Å². The molecule has 1 aromatic rings. The van der Waals surface area contributed by atoms with Gasteiger partial charge in [-0.3, -0.25) is 14.5 Å². The summed E-state index contributed by atoms with van der Waals surface area (Å²) >= 11 is 0. The number of hydrogen-bond donors (Lipinski definition) is 2.